The molecule has 2 aliphatic heterocycles. The quantitative estimate of drug-likeness (QED) is 0.477. The molecule has 0 aliphatic carbocycles. The minimum atomic E-state index is -1.25. The summed E-state index contributed by atoms with van der Waals surface area (Å²) in [5.41, 5.74) is -0.555. The number of ether oxygens (including phenoxy) is 1. The van der Waals surface area contributed by atoms with E-state index in [1.807, 2.05) is 6.07 Å². The van der Waals surface area contributed by atoms with Crippen molar-refractivity contribution in [3.8, 4) is 5.75 Å². The highest BCUT2D eigenvalue weighted by Crippen LogP contribution is 2.59. The van der Waals surface area contributed by atoms with Crippen molar-refractivity contribution in [3.05, 3.63) is 41.2 Å². The molecule has 6 nitrogen and oxygen atoms in total. The molecule has 0 spiro atoms. The number of thiazole rings is 1. The van der Waals surface area contributed by atoms with Crippen LogP contribution in [0.15, 0.2) is 30.9 Å². The monoisotopic (exact) mass is 505 g/mol. The summed E-state index contributed by atoms with van der Waals surface area (Å²) in [7, 11) is 0. The van der Waals surface area contributed by atoms with E-state index in [-0.39, 0.29) is 17.0 Å². The van der Waals surface area contributed by atoms with Crippen molar-refractivity contribution >= 4 is 66.9 Å². The molecule has 0 amide bonds. The average Bonchev–Trinajstić information content (AvgIpc) is 2.88. The number of aliphatic carboxylic acids is 1. The first-order valence-electron chi connectivity index (χ1n) is 7.10. The Labute approximate surface area is 166 Å². The number of carbonyl (C=O) groups is 2. The Morgan fingerprint density at radius 1 is 1.40 bits per heavy atom. The number of aromatic amines is 1. The predicted octanol–water partition coefficient (Wildman–Crippen LogP) is 3.58. The lowest BCUT2D eigenvalue weighted by molar-refractivity contribution is -0.154. The highest BCUT2D eigenvalue weighted by Gasteiger charge is 2.57. The Hall–Kier alpha value is -1.10. The number of carbonyl (C=O) groups excluding carboxylic acids is 1. The van der Waals surface area contributed by atoms with Gasteiger partial charge in [0.15, 0.2) is 0 Å². The van der Waals surface area contributed by atoms with Gasteiger partial charge in [0.1, 0.15) is 11.2 Å². The van der Waals surface area contributed by atoms with Crippen LogP contribution in [0.5, 0.6) is 5.75 Å². The van der Waals surface area contributed by atoms with E-state index in [4.69, 9.17) is 4.74 Å². The number of nitrogens with one attached hydrogen (secondary N) is 1. The van der Waals surface area contributed by atoms with Gasteiger partial charge in [0.2, 0.25) is 0 Å². The van der Waals surface area contributed by atoms with Gasteiger partial charge in [0, 0.05) is 26.6 Å². The van der Waals surface area contributed by atoms with E-state index in [9.17, 15) is 19.5 Å². The van der Waals surface area contributed by atoms with Crippen LogP contribution in [0.1, 0.15) is 22.8 Å². The molecule has 10 heteroatoms. The summed E-state index contributed by atoms with van der Waals surface area (Å²) < 4.78 is 6.91. The Bertz CT molecular complexity index is 985. The number of rotatable bonds is 2. The van der Waals surface area contributed by atoms with E-state index < -0.39 is 23.3 Å². The predicted molar refractivity (Wildman–Crippen MR) is 99.7 cm³/mol. The molecule has 3 heterocycles. The van der Waals surface area contributed by atoms with E-state index >= 15 is 0 Å². The number of carboxylic acids is 1. The third kappa shape index (κ3) is 2.61. The molecule has 2 aromatic rings. The number of benzene rings is 1. The lowest BCUT2D eigenvalue weighted by Gasteiger charge is -2.44. The molecule has 0 bridgehead atoms. The van der Waals surface area contributed by atoms with Gasteiger partial charge in [0.05, 0.1) is 15.9 Å². The average molecular weight is 507 g/mol. The number of H-pyrrole nitrogens is 1. The highest BCUT2D eigenvalue weighted by atomic mass is 79.9. The SMILES string of the molecule is O=C(O)C[C@]12CSc3[nH]c(=O)sc3[C@H]1c1cc(Br)cc(Br)c1OC2=O. The van der Waals surface area contributed by atoms with E-state index in [1.165, 1.54) is 11.8 Å². The maximum absolute atomic E-state index is 12.9. The molecule has 25 heavy (non-hydrogen) atoms. The first-order chi connectivity index (χ1) is 11.8. The fraction of sp³-hybridized carbons (Fsp3) is 0.267. The third-order valence-electron chi connectivity index (χ3n) is 4.35. The van der Waals surface area contributed by atoms with Crippen molar-refractivity contribution in [1.82, 2.24) is 4.98 Å². The minimum absolute atomic E-state index is 0.224. The number of thioether (sulfide) groups is 1. The zero-order valence-electron chi connectivity index (χ0n) is 12.3. The molecule has 0 saturated heterocycles. The zero-order chi connectivity index (χ0) is 17.9. The van der Waals surface area contributed by atoms with Crippen molar-refractivity contribution in [1.29, 1.82) is 0 Å². The van der Waals surface area contributed by atoms with Crippen molar-refractivity contribution < 1.29 is 19.4 Å². The molecule has 0 fully saturated rings. The normalized spacial score (nSPS) is 24.1. The van der Waals surface area contributed by atoms with Gasteiger partial charge in [-0.25, -0.2) is 0 Å². The first kappa shape index (κ1) is 17.3. The Kier molecular flexibility index (Phi) is 4.13. The van der Waals surface area contributed by atoms with Crippen molar-refractivity contribution in [3.63, 3.8) is 0 Å². The van der Waals surface area contributed by atoms with Gasteiger partial charge in [-0.1, -0.05) is 27.3 Å². The summed E-state index contributed by atoms with van der Waals surface area (Å²) in [5.74, 6) is -1.60. The molecule has 2 atom stereocenters. The van der Waals surface area contributed by atoms with Gasteiger partial charge < -0.3 is 14.8 Å². The molecular formula is C15H9Br2NO5S2. The van der Waals surface area contributed by atoms with Gasteiger partial charge in [-0.3, -0.25) is 14.4 Å². The first-order valence-corrected chi connectivity index (χ1v) is 10.5. The van der Waals surface area contributed by atoms with Gasteiger partial charge in [-0.05, 0) is 28.1 Å². The number of halogens is 2. The standard InChI is InChI=1S/C15H9Br2NO5S2/c16-5-1-6-9-11-12(18-14(22)25-11)24-4-15(9,3-8(19)20)13(21)23-10(6)7(17)2-5/h1-2,9H,3-4H2,(H,18,22)(H,19,20)/t9-,15+/m1/s1. The zero-order valence-corrected chi connectivity index (χ0v) is 17.1. The smallest absolute Gasteiger partial charge is 0.319 e. The summed E-state index contributed by atoms with van der Waals surface area (Å²) in [5, 5.41) is 10.1. The third-order valence-corrected chi connectivity index (χ3v) is 7.74. The molecule has 130 valence electrons. The van der Waals surface area contributed by atoms with Crippen LogP contribution < -0.4 is 9.61 Å². The molecule has 1 aromatic carbocycles. The summed E-state index contributed by atoms with van der Waals surface area (Å²) in [6, 6.07) is 3.58. The van der Waals surface area contributed by atoms with Gasteiger partial charge >= 0.3 is 16.8 Å². The van der Waals surface area contributed by atoms with Crippen LogP contribution in [-0.2, 0) is 9.59 Å². The number of aromatic nitrogens is 1. The molecule has 0 saturated carbocycles. The molecule has 0 radical (unpaired) electrons. The van der Waals surface area contributed by atoms with E-state index in [2.05, 4.69) is 36.8 Å². The van der Waals surface area contributed by atoms with Crippen LogP contribution in [0.25, 0.3) is 0 Å². The second-order valence-corrected chi connectivity index (χ2v) is 9.62. The molecule has 2 aliphatic rings. The second-order valence-electron chi connectivity index (χ2n) is 5.85. The van der Waals surface area contributed by atoms with Crippen molar-refractivity contribution in [2.24, 2.45) is 5.41 Å². The topological polar surface area (TPSA) is 96.5 Å². The largest absolute Gasteiger partial charge is 0.481 e. The number of hydrogen-bond donors (Lipinski definition) is 2. The maximum Gasteiger partial charge on any atom is 0.319 e. The van der Waals surface area contributed by atoms with Crippen LogP contribution in [-0.4, -0.2) is 27.8 Å². The Morgan fingerprint density at radius 3 is 2.88 bits per heavy atom. The number of hydrogen-bond acceptors (Lipinski definition) is 6. The Balaban J connectivity index is 2.04. The van der Waals surface area contributed by atoms with E-state index in [0.717, 1.165) is 15.8 Å². The van der Waals surface area contributed by atoms with Crippen LogP contribution in [0.4, 0.5) is 0 Å². The summed E-state index contributed by atoms with van der Waals surface area (Å²) in [4.78, 5) is 39.5. The molecule has 0 unspecified atom stereocenters. The second kappa shape index (κ2) is 5.97. The number of fused-ring (bicyclic) bond motifs is 5. The van der Waals surface area contributed by atoms with E-state index in [1.54, 1.807) is 6.07 Å². The highest BCUT2D eigenvalue weighted by molar-refractivity contribution is 9.11. The summed E-state index contributed by atoms with van der Waals surface area (Å²) in [6.07, 6.45) is -0.362. The number of esters is 1. The molecule has 4 rings (SSSR count). The van der Waals surface area contributed by atoms with Crippen molar-refractivity contribution in [2.45, 2.75) is 17.4 Å². The fourth-order valence-electron chi connectivity index (χ4n) is 3.37. The van der Waals surface area contributed by atoms with Gasteiger partial charge in [0.25, 0.3) is 0 Å². The maximum atomic E-state index is 12.9. The molecular weight excluding hydrogens is 498 g/mol. The van der Waals surface area contributed by atoms with Gasteiger partial charge in [-0.15, -0.1) is 11.8 Å². The molecule has 1 aromatic heterocycles. The summed E-state index contributed by atoms with van der Waals surface area (Å²) >= 11 is 9.13. The lowest BCUT2D eigenvalue weighted by atomic mass is 9.68. The minimum Gasteiger partial charge on any atom is -0.481 e. The van der Waals surface area contributed by atoms with Crippen LogP contribution in [0, 0.1) is 5.41 Å². The van der Waals surface area contributed by atoms with E-state index in [0.29, 0.717) is 25.7 Å². The Morgan fingerprint density at radius 2 is 2.16 bits per heavy atom. The van der Waals surface area contributed by atoms with Gasteiger partial charge in [-0.2, -0.15) is 0 Å². The van der Waals surface area contributed by atoms with Crippen LogP contribution in [0.3, 0.4) is 0 Å². The van der Waals surface area contributed by atoms with Crippen molar-refractivity contribution in [2.75, 3.05) is 5.75 Å². The molecule has 2 N–H and O–H groups in total. The summed E-state index contributed by atoms with van der Waals surface area (Å²) in [6.45, 7) is 0. The van der Waals surface area contributed by atoms with Crippen LogP contribution >= 0.6 is 55.0 Å². The number of carboxylic acid groups (broad SMARTS) is 1. The fourth-order valence-corrected chi connectivity index (χ4v) is 7.25. The van der Waals surface area contributed by atoms with Crippen LogP contribution in [0.2, 0.25) is 0 Å². The lowest BCUT2D eigenvalue weighted by Crippen LogP contribution is -2.49.